The van der Waals surface area contributed by atoms with Gasteiger partial charge in [-0.25, -0.2) is 32.5 Å². The second-order valence-corrected chi connectivity index (χ2v) is 10.6. The van der Waals surface area contributed by atoms with E-state index in [2.05, 4.69) is 39.8 Å². The number of nitrogen functional groups attached to an aromatic ring is 1. The molecule has 0 saturated heterocycles. The fraction of sp³-hybridized carbons (Fsp3) is 0.0800. The summed E-state index contributed by atoms with van der Waals surface area (Å²) >= 11 is 0. The lowest BCUT2D eigenvalue weighted by molar-refractivity contribution is 0.586. The van der Waals surface area contributed by atoms with Crippen molar-refractivity contribution < 1.29 is 12.8 Å². The summed E-state index contributed by atoms with van der Waals surface area (Å²) in [5.41, 5.74) is 11.8. The van der Waals surface area contributed by atoms with E-state index in [4.69, 9.17) is 5.73 Å². The van der Waals surface area contributed by atoms with Crippen LogP contribution in [0.15, 0.2) is 61.2 Å². The second kappa shape index (κ2) is 8.97. The Morgan fingerprint density at radius 2 is 1.84 bits per heavy atom. The molecule has 0 atom stereocenters. The highest BCUT2D eigenvalue weighted by atomic mass is 32.2. The normalized spacial score (nSPS) is 11.9. The summed E-state index contributed by atoms with van der Waals surface area (Å²) in [6, 6.07) is 9.86. The third kappa shape index (κ3) is 4.55. The van der Waals surface area contributed by atoms with E-state index in [1.54, 1.807) is 36.9 Å². The van der Waals surface area contributed by atoms with Gasteiger partial charge in [0.25, 0.3) is 0 Å². The minimum Gasteiger partial charge on any atom is -0.397 e. The van der Waals surface area contributed by atoms with Gasteiger partial charge in [0.15, 0.2) is 17.1 Å². The van der Waals surface area contributed by atoms with Crippen LogP contribution in [0.3, 0.4) is 0 Å². The van der Waals surface area contributed by atoms with Crippen LogP contribution in [0.1, 0.15) is 5.56 Å². The molecule has 0 unspecified atom stereocenters. The molecule has 11 nitrogen and oxygen atoms in total. The Balaban J connectivity index is 1.43. The molecule has 5 N–H and O–H groups in total. The van der Waals surface area contributed by atoms with Crippen LogP contribution in [-0.4, -0.2) is 49.8 Å². The molecule has 5 aromatic heterocycles. The van der Waals surface area contributed by atoms with Gasteiger partial charge in [0.1, 0.15) is 11.5 Å². The lowest BCUT2D eigenvalue weighted by Crippen LogP contribution is -2.21. The van der Waals surface area contributed by atoms with Crippen molar-refractivity contribution in [2.24, 2.45) is 0 Å². The number of anilines is 1. The summed E-state index contributed by atoms with van der Waals surface area (Å²) in [6.07, 6.45) is 7.60. The van der Waals surface area contributed by atoms with Crippen molar-refractivity contribution >= 4 is 37.9 Å². The molecule has 0 amide bonds. The second-order valence-electron chi connectivity index (χ2n) is 8.78. The summed E-state index contributed by atoms with van der Waals surface area (Å²) in [6.45, 7) is -0.0376. The largest absolute Gasteiger partial charge is 0.397 e. The topological polar surface area (TPSA) is 168 Å². The number of aromatic nitrogens is 7. The third-order valence-electron chi connectivity index (χ3n) is 5.94. The van der Waals surface area contributed by atoms with Crippen molar-refractivity contribution in [1.82, 2.24) is 39.8 Å². The molecule has 5 heterocycles. The van der Waals surface area contributed by atoms with E-state index in [1.165, 1.54) is 12.1 Å². The summed E-state index contributed by atoms with van der Waals surface area (Å²) in [5, 5.41) is 8.02. The van der Waals surface area contributed by atoms with Crippen LogP contribution in [-0.2, 0) is 16.6 Å². The number of fused-ring (bicyclic) bond motifs is 2. The molecule has 1 aromatic carbocycles. The molecule has 6 aromatic rings. The zero-order chi connectivity index (χ0) is 26.4. The zero-order valence-corrected chi connectivity index (χ0v) is 20.7. The van der Waals surface area contributed by atoms with Crippen molar-refractivity contribution in [3.8, 4) is 33.8 Å². The summed E-state index contributed by atoms with van der Waals surface area (Å²) < 4.78 is 39.9. The highest BCUT2D eigenvalue weighted by Crippen LogP contribution is 2.32. The first-order valence-corrected chi connectivity index (χ1v) is 13.3. The third-order valence-corrected chi connectivity index (χ3v) is 6.61. The first-order chi connectivity index (χ1) is 18.2. The molecule has 13 heteroatoms. The van der Waals surface area contributed by atoms with Gasteiger partial charge >= 0.3 is 0 Å². The number of nitrogens with two attached hydrogens (primary N) is 1. The molecule has 0 aliphatic rings. The molecule has 6 rings (SSSR count). The molecular formula is C25H20FN9O2S. The maximum Gasteiger partial charge on any atom is 0.209 e. The van der Waals surface area contributed by atoms with Gasteiger partial charge in [-0.15, -0.1) is 0 Å². The van der Waals surface area contributed by atoms with Gasteiger partial charge in [-0.3, -0.25) is 10.1 Å². The Labute approximate surface area is 215 Å². The molecule has 0 radical (unpaired) electrons. The molecule has 0 spiro atoms. The van der Waals surface area contributed by atoms with Crippen LogP contribution in [0.2, 0.25) is 0 Å². The quantitative estimate of drug-likeness (QED) is 0.254. The van der Waals surface area contributed by atoms with Crippen LogP contribution in [0.4, 0.5) is 10.1 Å². The monoisotopic (exact) mass is 529 g/mol. The zero-order valence-electron chi connectivity index (χ0n) is 19.9. The number of hydrogen-bond donors (Lipinski definition) is 4. The van der Waals surface area contributed by atoms with Crippen LogP contribution in [0, 0.1) is 5.82 Å². The van der Waals surface area contributed by atoms with E-state index in [-0.39, 0.29) is 6.54 Å². The van der Waals surface area contributed by atoms with Gasteiger partial charge in [-0.1, -0.05) is 0 Å². The van der Waals surface area contributed by atoms with E-state index in [9.17, 15) is 12.8 Å². The van der Waals surface area contributed by atoms with E-state index < -0.39 is 15.8 Å². The lowest BCUT2D eigenvalue weighted by Gasteiger charge is -2.08. The smallest absolute Gasteiger partial charge is 0.209 e. The average Bonchev–Trinajstić information content (AvgIpc) is 3.50. The number of nitrogens with one attached hydrogen (secondary N) is 3. The van der Waals surface area contributed by atoms with Crippen LogP contribution < -0.4 is 10.5 Å². The lowest BCUT2D eigenvalue weighted by atomic mass is 10.0. The number of H-pyrrole nitrogens is 2. The van der Waals surface area contributed by atoms with E-state index in [1.807, 2.05) is 12.1 Å². The molecule has 0 bridgehead atoms. The number of nitrogens with zero attached hydrogens (tertiary/aromatic N) is 5. The standard InChI is InChI=1S/C25H20FN9O2S/c1-38(36,37)31-9-13-4-14(6-17(26)5-13)19-2-3-29-24-21(19)32-25(33-24)22-20-8-16(11-30-23(20)35-34-22)15-7-18(27)12-28-10-15/h2-8,10-12,31H,9,27H2,1H3,(H,29,32,33)(H,30,34,35). The number of pyridine rings is 3. The number of aromatic amines is 2. The predicted octanol–water partition coefficient (Wildman–Crippen LogP) is 3.40. The number of imidazole rings is 1. The van der Waals surface area contributed by atoms with E-state index in [0.717, 1.165) is 22.8 Å². The summed E-state index contributed by atoms with van der Waals surface area (Å²) in [5.74, 6) is -0.0193. The molecule has 190 valence electrons. The Hall–Kier alpha value is -4.75. The van der Waals surface area contributed by atoms with Crippen LogP contribution >= 0.6 is 0 Å². The Morgan fingerprint density at radius 1 is 1.00 bits per heavy atom. The number of sulfonamides is 1. The maximum atomic E-state index is 14.5. The number of hydrogen-bond acceptors (Lipinski definition) is 8. The van der Waals surface area contributed by atoms with Crippen molar-refractivity contribution in [3.05, 3.63) is 72.6 Å². The molecular weight excluding hydrogens is 509 g/mol. The summed E-state index contributed by atoms with van der Waals surface area (Å²) in [4.78, 5) is 20.9. The fourth-order valence-corrected chi connectivity index (χ4v) is 4.67. The number of rotatable bonds is 6. The van der Waals surface area contributed by atoms with E-state index >= 15 is 0 Å². The Bertz CT molecular complexity index is 1950. The first-order valence-electron chi connectivity index (χ1n) is 11.4. The van der Waals surface area contributed by atoms with Crippen molar-refractivity contribution in [3.63, 3.8) is 0 Å². The van der Waals surface area contributed by atoms with Crippen molar-refractivity contribution in [2.45, 2.75) is 6.54 Å². The molecule has 0 fully saturated rings. The van der Waals surface area contributed by atoms with E-state index in [0.29, 0.717) is 50.7 Å². The number of halogens is 1. The SMILES string of the molecule is CS(=O)(=O)NCc1cc(F)cc(-c2ccnc3nc(-c4[nH]nc5ncc(-c6cncc(N)c6)cc45)[nH]c23)c1. The molecule has 38 heavy (non-hydrogen) atoms. The predicted molar refractivity (Wildman–Crippen MR) is 141 cm³/mol. The van der Waals surface area contributed by atoms with Crippen LogP contribution in [0.25, 0.3) is 56.0 Å². The Morgan fingerprint density at radius 3 is 2.66 bits per heavy atom. The van der Waals surface area contributed by atoms with Crippen LogP contribution in [0.5, 0.6) is 0 Å². The number of benzene rings is 1. The molecule has 0 aliphatic heterocycles. The Kier molecular flexibility index (Phi) is 5.58. The minimum atomic E-state index is -3.43. The first kappa shape index (κ1) is 23.6. The molecule has 0 aliphatic carbocycles. The average molecular weight is 530 g/mol. The summed E-state index contributed by atoms with van der Waals surface area (Å²) in [7, 11) is -3.43. The van der Waals surface area contributed by atoms with Gasteiger partial charge in [0.05, 0.1) is 22.8 Å². The van der Waals surface area contributed by atoms with Gasteiger partial charge < -0.3 is 10.7 Å². The van der Waals surface area contributed by atoms with Gasteiger partial charge in [-0.2, -0.15) is 5.10 Å². The highest BCUT2D eigenvalue weighted by Gasteiger charge is 2.17. The van der Waals surface area contributed by atoms with Crippen molar-refractivity contribution in [2.75, 3.05) is 12.0 Å². The van der Waals surface area contributed by atoms with Gasteiger partial charge in [0, 0.05) is 48.0 Å². The van der Waals surface area contributed by atoms with Gasteiger partial charge in [-0.05, 0) is 47.5 Å². The molecule has 0 saturated carbocycles. The van der Waals surface area contributed by atoms with Crippen molar-refractivity contribution in [1.29, 1.82) is 0 Å². The van der Waals surface area contributed by atoms with Gasteiger partial charge in [0.2, 0.25) is 10.0 Å². The fourth-order valence-electron chi connectivity index (χ4n) is 4.25. The highest BCUT2D eigenvalue weighted by molar-refractivity contribution is 7.88. The minimum absolute atomic E-state index is 0.0376. The maximum absolute atomic E-state index is 14.5.